The molecule has 0 radical (unpaired) electrons. The Kier molecular flexibility index (Phi) is 3.65. The number of aromatic nitrogens is 6. The number of nitrogens with one attached hydrogen (secondary N) is 1. The molecular formula is C17H16ClN7. The largest absolute Gasteiger partial charge is 0.334 e. The van der Waals surface area contributed by atoms with Crippen molar-refractivity contribution in [3.8, 4) is 11.4 Å². The van der Waals surface area contributed by atoms with E-state index < -0.39 is 0 Å². The molecule has 1 N–H and O–H groups in total. The molecule has 25 heavy (non-hydrogen) atoms. The first-order valence-electron chi connectivity index (χ1n) is 7.73. The predicted molar refractivity (Wildman–Crippen MR) is 95.1 cm³/mol. The van der Waals surface area contributed by atoms with Crippen LogP contribution in [-0.2, 0) is 20.6 Å². The first-order valence-corrected chi connectivity index (χ1v) is 8.11. The van der Waals surface area contributed by atoms with E-state index in [-0.39, 0.29) is 5.28 Å². The first kappa shape index (κ1) is 15.6. The van der Waals surface area contributed by atoms with Gasteiger partial charge in [0, 0.05) is 32.1 Å². The van der Waals surface area contributed by atoms with Gasteiger partial charge in [-0.1, -0.05) is 24.3 Å². The molecule has 0 aliphatic rings. The topological polar surface area (TPSA) is 77.3 Å². The average molecular weight is 354 g/mol. The standard InChI is InChI=1S/C17H16ClN7/c1-23-8-7-20-14(23)12-5-3-11(4-6-12)10-25-15-13(24(2)17(25)19)9-21-16(18)22-15/h3-9,19H,10H2,1-2H3. The number of nitrogens with zero attached hydrogens (tertiary/aromatic N) is 6. The molecule has 4 rings (SSSR count). The van der Waals surface area contributed by atoms with Crippen molar-refractivity contribution in [1.82, 2.24) is 28.7 Å². The second-order valence-electron chi connectivity index (χ2n) is 5.88. The van der Waals surface area contributed by atoms with Gasteiger partial charge in [0.1, 0.15) is 11.3 Å². The van der Waals surface area contributed by atoms with Crippen molar-refractivity contribution >= 4 is 22.8 Å². The van der Waals surface area contributed by atoms with E-state index in [4.69, 9.17) is 17.0 Å². The molecule has 3 aromatic heterocycles. The van der Waals surface area contributed by atoms with E-state index >= 15 is 0 Å². The van der Waals surface area contributed by atoms with Gasteiger partial charge in [0.05, 0.1) is 12.7 Å². The Morgan fingerprint density at radius 3 is 2.56 bits per heavy atom. The zero-order chi connectivity index (χ0) is 17.6. The van der Waals surface area contributed by atoms with Crippen LogP contribution in [0.3, 0.4) is 0 Å². The van der Waals surface area contributed by atoms with Crippen molar-refractivity contribution in [3.63, 3.8) is 0 Å². The summed E-state index contributed by atoms with van der Waals surface area (Å²) in [6, 6.07) is 8.15. The lowest BCUT2D eigenvalue weighted by Gasteiger charge is -2.06. The van der Waals surface area contributed by atoms with Crippen LogP contribution in [0.2, 0.25) is 5.28 Å². The second kappa shape index (κ2) is 5.86. The summed E-state index contributed by atoms with van der Waals surface area (Å²) in [6.45, 7) is 0.532. The minimum absolute atomic E-state index is 0.178. The van der Waals surface area contributed by atoms with Crippen LogP contribution in [-0.4, -0.2) is 28.7 Å². The molecule has 3 heterocycles. The van der Waals surface area contributed by atoms with Crippen molar-refractivity contribution in [2.24, 2.45) is 14.1 Å². The fraction of sp³-hybridized carbons (Fsp3) is 0.176. The Morgan fingerprint density at radius 2 is 1.88 bits per heavy atom. The molecule has 0 aliphatic carbocycles. The summed E-state index contributed by atoms with van der Waals surface area (Å²) in [4.78, 5) is 12.7. The van der Waals surface area contributed by atoms with Crippen LogP contribution in [0.25, 0.3) is 22.6 Å². The minimum Gasteiger partial charge on any atom is -0.334 e. The van der Waals surface area contributed by atoms with E-state index in [9.17, 15) is 0 Å². The summed E-state index contributed by atoms with van der Waals surface area (Å²) in [5.74, 6) is 0.921. The van der Waals surface area contributed by atoms with Crippen molar-refractivity contribution in [3.05, 3.63) is 59.3 Å². The molecule has 0 fully saturated rings. The lowest BCUT2D eigenvalue weighted by molar-refractivity contribution is 0.691. The molecule has 0 unspecified atom stereocenters. The number of fused-ring (bicyclic) bond motifs is 1. The van der Waals surface area contributed by atoms with E-state index in [1.807, 2.05) is 53.7 Å². The van der Waals surface area contributed by atoms with Gasteiger partial charge in [-0.3, -0.25) is 9.98 Å². The van der Waals surface area contributed by atoms with Gasteiger partial charge in [0.2, 0.25) is 10.9 Å². The predicted octanol–water partition coefficient (Wildman–Crippen LogP) is 2.35. The molecule has 0 spiro atoms. The third-order valence-corrected chi connectivity index (χ3v) is 4.47. The smallest absolute Gasteiger partial charge is 0.224 e. The van der Waals surface area contributed by atoms with Gasteiger partial charge in [-0.2, -0.15) is 4.98 Å². The van der Waals surface area contributed by atoms with Crippen LogP contribution in [0.15, 0.2) is 42.9 Å². The van der Waals surface area contributed by atoms with Crippen LogP contribution < -0.4 is 5.62 Å². The van der Waals surface area contributed by atoms with Crippen molar-refractivity contribution < 1.29 is 0 Å². The molecule has 0 saturated heterocycles. The molecule has 0 bridgehead atoms. The van der Waals surface area contributed by atoms with Crippen LogP contribution in [0, 0.1) is 5.41 Å². The fourth-order valence-corrected chi connectivity index (χ4v) is 3.04. The monoisotopic (exact) mass is 353 g/mol. The van der Waals surface area contributed by atoms with Crippen molar-refractivity contribution in [2.45, 2.75) is 6.54 Å². The lowest BCUT2D eigenvalue weighted by Crippen LogP contribution is -2.23. The molecular weight excluding hydrogens is 338 g/mol. The van der Waals surface area contributed by atoms with Crippen LogP contribution >= 0.6 is 11.6 Å². The van der Waals surface area contributed by atoms with Gasteiger partial charge < -0.3 is 9.13 Å². The van der Waals surface area contributed by atoms with Gasteiger partial charge in [0.25, 0.3) is 0 Å². The third-order valence-electron chi connectivity index (χ3n) is 4.29. The van der Waals surface area contributed by atoms with E-state index in [0.29, 0.717) is 17.8 Å². The van der Waals surface area contributed by atoms with Gasteiger partial charge in [-0.05, 0) is 17.2 Å². The minimum atomic E-state index is 0.178. The number of halogens is 1. The Labute approximate surface area is 148 Å². The zero-order valence-electron chi connectivity index (χ0n) is 13.8. The third kappa shape index (κ3) is 2.62. The highest BCUT2D eigenvalue weighted by atomic mass is 35.5. The summed E-state index contributed by atoms with van der Waals surface area (Å²) in [5, 5.41) is 8.51. The highest BCUT2D eigenvalue weighted by Crippen LogP contribution is 2.18. The summed E-state index contributed by atoms with van der Waals surface area (Å²) in [5.41, 5.74) is 3.90. The van der Waals surface area contributed by atoms with Crippen LogP contribution in [0.1, 0.15) is 5.56 Å². The SMILES string of the molecule is Cn1ccnc1-c1ccc(Cn2c(=N)n(C)c3cnc(Cl)nc32)cc1. The zero-order valence-corrected chi connectivity index (χ0v) is 14.6. The molecule has 126 valence electrons. The number of imidazole rings is 2. The van der Waals surface area contributed by atoms with Gasteiger partial charge in [-0.25, -0.2) is 9.97 Å². The molecule has 7 nitrogen and oxygen atoms in total. The van der Waals surface area contributed by atoms with Crippen molar-refractivity contribution in [1.29, 1.82) is 5.41 Å². The Bertz CT molecular complexity index is 1120. The van der Waals surface area contributed by atoms with Crippen molar-refractivity contribution in [2.75, 3.05) is 0 Å². The van der Waals surface area contributed by atoms with Gasteiger partial charge in [-0.15, -0.1) is 0 Å². The normalized spacial score (nSPS) is 11.3. The maximum Gasteiger partial charge on any atom is 0.224 e. The Morgan fingerprint density at radius 1 is 1.12 bits per heavy atom. The number of hydrogen-bond donors (Lipinski definition) is 1. The molecule has 8 heteroatoms. The number of aryl methyl sites for hydroxylation is 2. The summed E-state index contributed by atoms with van der Waals surface area (Å²) < 4.78 is 5.54. The van der Waals surface area contributed by atoms with Crippen LogP contribution in [0.4, 0.5) is 0 Å². The number of rotatable bonds is 3. The van der Waals surface area contributed by atoms with E-state index in [1.54, 1.807) is 17.0 Å². The quantitative estimate of drug-likeness (QED) is 0.574. The maximum absolute atomic E-state index is 8.33. The lowest BCUT2D eigenvalue weighted by atomic mass is 10.1. The summed E-state index contributed by atoms with van der Waals surface area (Å²) >= 11 is 5.93. The highest BCUT2D eigenvalue weighted by molar-refractivity contribution is 6.28. The molecule has 0 aliphatic heterocycles. The molecule has 0 amide bonds. The fourth-order valence-electron chi connectivity index (χ4n) is 2.91. The maximum atomic E-state index is 8.33. The average Bonchev–Trinajstić information content (AvgIpc) is 3.13. The second-order valence-corrected chi connectivity index (χ2v) is 6.21. The number of hydrogen-bond acceptors (Lipinski definition) is 4. The molecule has 4 aromatic rings. The highest BCUT2D eigenvalue weighted by Gasteiger charge is 2.12. The molecule has 0 saturated carbocycles. The Balaban J connectivity index is 1.72. The van der Waals surface area contributed by atoms with Crippen LogP contribution in [0.5, 0.6) is 0 Å². The van der Waals surface area contributed by atoms with E-state index in [0.717, 1.165) is 22.5 Å². The van der Waals surface area contributed by atoms with E-state index in [2.05, 4.69) is 15.0 Å². The number of benzene rings is 1. The summed E-state index contributed by atoms with van der Waals surface area (Å²) in [6.07, 6.45) is 5.35. The van der Waals surface area contributed by atoms with Gasteiger partial charge >= 0.3 is 0 Å². The van der Waals surface area contributed by atoms with Gasteiger partial charge in [0.15, 0.2) is 5.65 Å². The van der Waals surface area contributed by atoms with E-state index in [1.165, 1.54) is 0 Å². The summed E-state index contributed by atoms with van der Waals surface area (Å²) in [7, 11) is 3.79. The Hall–Kier alpha value is -2.93. The molecule has 1 aromatic carbocycles. The molecule has 0 atom stereocenters. The first-order chi connectivity index (χ1) is 12.0.